The number of benzene rings is 1. The molecule has 1 aromatic rings. The molecule has 170 valence electrons. The zero-order valence-electron chi connectivity index (χ0n) is 19.3. The van der Waals surface area contributed by atoms with Gasteiger partial charge in [0.1, 0.15) is 12.2 Å². The summed E-state index contributed by atoms with van der Waals surface area (Å²) in [5.41, 5.74) is 2.66. The van der Waals surface area contributed by atoms with Crippen LogP contribution in [0.15, 0.2) is 24.3 Å². The fourth-order valence-electron chi connectivity index (χ4n) is 6.76. The summed E-state index contributed by atoms with van der Waals surface area (Å²) >= 11 is 0. The lowest BCUT2D eigenvalue weighted by atomic mass is 9.53. The van der Waals surface area contributed by atoms with Gasteiger partial charge in [0.15, 0.2) is 11.5 Å². The van der Waals surface area contributed by atoms with Gasteiger partial charge in [-0.1, -0.05) is 70.1 Å². The third kappa shape index (κ3) is 3.51. The second-order valence-electron chi connectivity index (χ2n) is 10.2. The summed E-state index contributed by atoms with van der Waals surface area (Å²) < 4.78 is 12.8. The van der Waals surface area contributed by atoms with E-state index in [1.165, 1.54) is 56.1 Å². The van der Waals surface area contributed by atoms with Crippen LogP contribution in [0, 0.1) is 5.92 Å². The van der Waals surface area contributed by atoms with Crippen LogP contribution in [0.5, 0.6) is 11.5 Å². The topological polar surface area (TPSA) is 41.9 Å². The van der Waals surface area contributed by atoms with Crippen LogP contribution >= 0.6 is 0 Å². The number of aliphatic hydroxyl groups is 1. The largest absolute Gasteiger partial charge is 0.490 e. The lowest BCUT2D eigenvalue weighted by Crippen LogP contribution is -2.64. The number of ether oxygens (including phenoxy) is 2. The van der Waals surface area contributed by atoms with E-state index in [2.05, 4.69) is 37.1 Å². The van der Waals surface area contributed by atoms with Crippen molar-refractivity contribution in [1.29, 1.82) is 0 Å². The highest BCUT2D eigenvalue weighted by Crippen LogP contribution is 2.62. The van der Waals surface area contributed by atoms with Crippen LogP contribution in [-0.4, -0.2) is 48.5 Å². The minimum atomic E-state index is -0.542. The van der Waals surface area contributed by atoms with Crippen molar-refractivity contribution < 1.29 is 14.6 Å². The highest BCUT2D eigenvalue weighted by molar-refractivity contribution is 5.62. The third-order valence-corrected chi connectivity index (χ3v) is 8.39. The lowest BCUT2D eigenvalue weighted by Gasteiger charge is -2.56. The summed E-state index contributed by atoms with van der Waals surface area (Å²) in [7, 11) is 2.24. The molecule has 0 amide bonds. The highest BCUT2D eigenvalue weighted by Gasteiger charge is 2.64. The number of nitrogens with zero attached hydrogens (tertiary/aromatic N) is 1. The SMILES string of the molecule is CCCCCCCCCCOc1ccc2c3c1OC1C(O)C=CC4C(C2)N(C)CCC341. The first-order valence-electron chi connectivity index (χ1n) is 12.7. The lowest BCUT2D eigenvalue weighted by molar-refractivity contribution is -0.0454. The number of piperidine rings is 1. The maximum atomic E-state index is 10.8. The molecule has 2 bridgehead atoms. The number of aliphatic hydroxyl groups excluding tert-OH is 1. The molecule has 1 spiro atoms. The monoisotopic (exact) mass is 425 g/mol. The number of hydrogen-bond acceptors (Lipinski definition) is 4. The zero-order valence-corrected chi connectivity index (χ0v) is 19.3. The minimum Gasteiger partial charge on any atom is -0.490 e. The van der Waals surface area contributed by atoms with E-state index in [0.29, 0.717) is 12.0 Å². The smallest absolute Gasteiger partial charge is 0.165 e. The van der Waals surface area contributed by atoms with Gasteiger partial charge in [0.25, 0.3) is 0 Å². The molecule has 0 aromatic heterocycles. The standard InChI is InChI=1S/C27H39NO3/c1-3-4-5-6-7-8-9-10-17-30-23-14-11-19-18-21-20-12-13-22(29)26-27(20,15-16-28(21)2)24(19)25(23)31-26/h11-14,20-22,26,29H,3-10,15-18H2,1-2H3. The summed E-state index contributed by atoms with van der Waals surface area (Å²) in [5, 5.41) is 10.8. The number of unbranched alkanes of at least 4 members (excludes halogenated alkanes) is 7. The maximum absolute atomic E-state index is 10.8. The first kappa shape index (κ1) is 21.3. The van der Waals surface area contributed by atoms with Gasteiger partial charge in [0.05, 0.1) is 6.61 Å². The number of likely N-dealkylation sites (N-methyl/N-ethyl adjacent to an activating group) is 1. The fourth-order valence-corrected chi connectivity index (χ4v) is 6.76. The Bertz CT molecular complexity index is 821. The molecule has 0 radical (unpaired) electrons. The Morgan fingerprint density at radius 3 is 2.68 bits per heavy atom. The molecule has 2 aliphatic carbocycles. The van der Waals surface area contributed by atoms with E-state index in [0.717, 1.165) is 43.9 Å². The molecule has 1 fully saturated rings. The quantitative estimate of drug-likeness (QED) is 0.423. The van der Waals surface area contributed by atoms with E-state index in [4.69, 9.17) is 9.47 Å². The van der Waals surface area contributed by atoms with Crippen LogP contribution in [0.3, 0.4) is 0 Å². The molecule has 2 aliphatic heterocycles. The van der Waals surface area contributed by atoms with Gasteiger partial charge in [-0.2, -0.15) is 0 Å². The van der Waals surface area contributed by atoms with E-state index >= 15 is 0 Å². The number of likely N-dealkylation sites (tertiary alicyclic amines) is 1. The maximum Gasteiger partial charge on any atom is 0.165 e. The van der Waals surface area contributed by atoms with Gasteiger partial charge in [-0.15, -0.1) is 0 Å². The van der Waals surface area contributed by atoms with Crippen molar-refractivity contribution in [3.8, 4) is 11.5 Å². The van der Waals surface area contributed by atoms with E-state index in [-0.39, 0.29) is 11.5 Å². The zero-order chi connectivity index (χ0) is 21.4. The third-order valence-electron chi connectivity index (χ3n) is 8.39. The predicted octanol–water partition coefficient (Wildman–Crippen LogP) is 5.01. The van der Waals surface area contributed by atoms with Crippen molar-refractivity contribution in [2.45, 2.75) is 94.8 Å². The van der Waals surface area contributed by atoms with Crippen LogP contribution < -0.4 is 9.47 Å². The van der Waals surface area contributed by atoms with Gasteiger partial charge in [0, 0.05) is 22.9 Å². The van der Waals surface area contributed by atoms with Crippen LogP contribution in [-0.2, 0) is 11.8 Å². The Labute approximate surface area is 187 Å². The van der Waals surface area contributed by atoms with Crippen molar-refractivity contribution in [3.63, 3.8) is 0 Å². The van der Waals surface area contributed by atoms with Crippen molar-refractivity contribution in [2.75, 3.05) is 20.2 Å². The normalized spacial score (nSPS) is 32.6. The molecule has 5 unspecified atom stereocenters. The highest BCUT2D eigenvalue weighted by atomic mass is 16.5. The summed E-state index contributed by atoms with van der Waals surface area (Å²) in [4.78, 5) is 2.50. The van der Waals surface area contributed by atoms with Gasteiger partial charge in [-0.3, -0.25) is 0 Å². The summed E-state index contributed by atoms with van der Waals surface area (Å²) in [6.45, 7) is 4.07. The Hall–Kier alpha value is -1.52. The van der Waals surface area contributed by atoms with Crippen LogP contribution in [0.2, 0.25) is 0 Å². The molecule has 5 atom stereocenters. The number of hydrogen-bond donors (Lipinski definition) is 1. The van der Waals surface area contributed by atoms with Crippen LogP contribution in [0.4, 0.5) is 0 Å². The second kappa shape index (κ2) is 8.78. The van der Waals surface area contributed by atoms with Crippen molar-refractivity contribution in [1.82, 2.24) is 4.90 Å². The molecule has 0 saturated carbocycles. The average molecular weight is 426 g/mol. The predicted molar refractivity (Wildman–Crippen MR) is 124 cm³/mol. The molecular formula is C27H39NO3. The van der Waals surface area contributed by atoms with Gasteiger partial charge in [0.2, 0.25) is 0 Å². The molecular weight excluding hydrogens is 386 g/mol. The molecule has 4 heteroatoms. The van der Waals surface area contributed by atoms with Gasteiger partial charge < -0.3 is 19.5 Å². The molecule has 4 nitrogen and oxygen atoms in total. The van der Waals surface area contributed by atoms with Gasteiger partial charge in [-0.05, 0) is 44.5 Å². The molecule has 4 aliphatic rings. The van der Waals surface area contributed by atoms with E-state index in [1.54, 1.807) is 0 Å². The Balaban J connectivity index is 1.28. The summed E-state index contributed by atoms with van der Waals surface area (Å²) in [6, 6.07) is 4.87. The first-order valence-corrected chi connectivity index (χ1v) is 12.7. The summed E-state index contributed by atoms with van der Waals surface area (Å²) in [6.07, 6.45) is 16.0. The first-order chi connectivity index (χ1) is 15.2. The number of rotatable bonds is 10. The van der Waals surface area contributed by atoms with Crippen molar-refractivity contribution in [3.05, 3.63) is 35.4 Å². The Morgan fingerprint density at radius 1 is 1.10 bits per heavy atom. The molecule has 31 heavy (non-hydrogen) atoms. The fraction of sp³-hybridized carbons (Fsp3) is 0.704. The van der Waals surface area contributed by atoms with E-state index in [1.807, 2.05) is 6.08 Å². The average Bonchev–Trinajstić information content (AvgIpc) is 3.13. The molecule has 1 aromatic carbocycles. The van der Waals surface area contributed by atoms with Crippen LogP contribution in [0.25, 0.3) is 0 Å². The van der Waals surface area contributed by atoms with Crippen LogP contribution in [0.1, 0.15) is 75.8 Å². The van der Waals surface area contributed by atoms with Gasteiger partial charge >= 0.3 is 0 Å². The Morgan fingerprint density at radius 2 is 1.87 bits per heavy atom. The molecule has 2 heterocycles. The second-order valence-corrected chi connectivity index (χ2v) is 10.2. The minimum absolute atomic E-state index is 0.0912. The van der Waals surface area contributed by atoms with Crippen molar-refractivity contribution >= 4 is 0 Å². The van der Waals surface area contributed by atoms with Crippen molar-refractivity contribution in [2.24, 2.45) is 5.92 Å². The van der Waals surface area contributed by atoms with E-state index < -0.39 is 6.10 Å². The molecule has 1 saturated heterocycles. The molecule has 1 N–H and O–H groups in total. The summed E-state index contributed by atoms with van der Waals surface area (Å²) in [5.74, 6) is 2.22. The van der Waals surface area contributed by atoms with Gasteiger partial charge in [-0.25, -0.2) is 0 Å². The Kier molecular flexibility index (Phi) is 6.04. The van der Waals surface area contributed by atoms with E-state index in [9.17, 15) is 5.11 Å². The molecule has 5 rings (SSSR count).